The van der Waals surface area contributed by atoms with E-state index in [1.807, 2.05) is 0 Å². The monoisotopic (exact) mass is 302 g/mol. The Hall–Kier alpha value is -1.89. The highest BCUT2D eigenvalue weighted by molar-refractivity contribution is 6.29. The zero-order valence-corrected chi connectivity index (χ0v) is 12.0. The van der Waals surface area contributed by atoms with E-state index in [1.165, 1.54) is 0 Å². The minimum absolute atomic E-state index is 0.0560. The van der Waals surface area contributed by atoms with Crippen LogP contribution in [0.25, 0.3) is 0 Å². The number of aromatic nitrogens is 1. The summed E-state index contributed by atoms with van der Waals surface area (Å²) in [5, 5.41) is 11.0. The van der Waals surface area contributed by atoms with Gasteiger partial charge < -0.3 is 9.80 Å². The number of pyridine rings is 1. The topological polar surface area (TPSA) is 62.5 Å². The number of rotatable bonds is 7. The number of hydrogen-bond donors (Lipinski definition) is 0. The molecule has 0 unspecified atom stereocenters. The summed E-state index contributed by atoms with van der Waals surface area (Å²) in [6, 6.07) is 3.37. The van der Waals surface area contributed by atoms with E-state index in [0.717, 1.165) is 11.8 Å². The van der Waals surface area contributed by atoms with Crippen molar-refractivity contribution in [3.8, 4) is 0 Å². The third-order valence-corrected chi connectivity index (χ3v) is 2.74. The Bertz CT molecular complexity index is 479. The Morgan fingerprint density at radius 3 is 2.70 bits per heavy atom. The summed E-state index contributed by atoms with van der Waals surface area (Å²) in [7, 11) is 3.33. The van der Waals surface area contributed by atoms with Crippen LogP contribution in [-0.4, -0.2) is 47.0 Å². The molecule has 0 saturated carbocycles. The van der Waals surface area contributed by atoms with Gasteiger partial charge in [-0.3, -0.25) is 10.1 Å². The maximum atomic E-state index is 12.7. The summed E-state index contributed by atoms with van der Waals surface area (Å²) in [4.78, 5) is 17.2. The second kappa shape index (κ2) is 7.64. The van der Waals surface area contributed by atoms with E-state index in [9.17, 15) is 14.5 Å². The smallest absolute Gasteiger partial charge is 0.274 e. The number of halogens is 2. The van der Waals surface area contributed by atoms with Gasteiger partial charge in [0, 0.05) is 33.4 Å². The Morgan fingerprint density at radius 1 is 1.55 bits per heavy atom. The molecule has 1 rings (SSSR count). The second-order valence-corrected chi connectivity index (χ2v) is 4.65. The summed E-state index contributed by atoms with van der Waals surface area (Å²) < 4.78 is 12.7. The molecule has 0 fully saturated rings. The lowest BCUT2D eigenvalue weighted by Gasteiger charge is -2.29. The SMILES string of the molecule is CN(C)/C(=C\[N+](=O)[O-])N(CCF)Cc1ccc(Cl)nc1. The van der Waals surface area contributed by atoms with Crippen molar-refractivity contribution in [2.45, 2.75) is 6.54 Å². The zero-order valence-electron chi connectivity index (χ0n) is 11.3. The first-order valence-electron chi connectivity index (χ1n) is 5.88. The summed E-state index contributed by atoms with van der Waals surface area (Å²) in [5.74, 6) is 0.322. The molecule has 0 amide bonds. The highest BCUT2D eigenvalue weighted by Crippen LogP contribution is 2.14. The lowest BCUT2D eigenvalue weighted by Crippen LogP contribution is -2.33. The van der Waals surface area contributed by atoms with Crippen LogP contribution in [0.5, 0.6) is 0 Å². The molecular formula is C12H16ClFN4O2. The average molecular weight is 303 g/mol. The second-order valence-electron chi connectivity index (χ2n) is 4.27. The first-order valence-corrected chi connectivity index (χ1v) is 6.26. The van der Waals surface area contributed by atoms with E-state index >= 15 is 0 Å². The van der Waals surface area contributed by atoms with E-state index in [4.69, 9.17) is 11.6 Å². The Kier molecular flexibility index (Phi) is 6.17. The summed E-state index contributed by atoms with van der Waals surface area (Å²) in [6.07, 6.45) is 2.42. The van der Waals surface area contributed by atoms with Gasteiger partial charge in [0.25, 0.3) is 6.20 Å². The van der Waals surface area contributed by atoms with E-state index in [-0.39, 0.29) is 6.54 Å². The van der Waals surface area contributed by atoms with Crippen molar-refractivity contribution >= 4 is 11.6 Å². The molecule has 0 saturated heterocycles. The maximum Gasteiger partial charge on any atom is 0.274 e. The van der Waals surface area contributed by atoms with Crippen LogP contribution >= 0.6 is 11.6 Å². The zero-order chi connectivity index (χ0) is 15.1. The van der Waals surface area contributed by atoms with Crippen LogP contribution in [0.1, 0.15) is 5.56 Å². The van der Waals surface area contributed by atoms with Gasteiger partial charge in [0.1, 0.15) is 11.8 Å². The van der Waals surface area contributed by atoms with Gasteiger partial charge in [-0.1, -0.05) is 17.7 Å². The van der Waals surface area contributed by atoms with Crippen LogP contribution in [0.2, 0.25) is 5.15 Å². The van der Waals surface area contributed by atoms with E-state index in [1.54, 1.807) is 42.2 Å². The number of nitro groups is 1. The molecule has 0 aliphatic carbocycles. The van der Waals surface area contributed by atoms with Gasteiger partial charge in [0.2, 0.25) is 0 Å². The number of alkyl halides is 1. The van der Waals surface area contributed by atoms with Gasteiger partial charge in [-0.05, 0) is 11.6 Å². The van der Waals surface area contributed by atoms with Crippen LogP contribution < -0.4 is 0 Å². The van der Waals surface area contributed by atoms with E-state index in [0.29, 0.717) is 17.5 Å². The van der Waals surface area contributed by atoms with Gasteiger partial charge >= 0.3 is 0 Å². The van der Waals surface area contributed by atoms with Crippen molar-refractivity contribution in [1.82, 2.24) is 14.8 Å². The van der Waals surface area contributed by atoms with Crippen molar-refractivity contribution in [3.05, 3.63) is 51.2 Å². The first-order chi connectivity index (χ1) is 9.43. The maximum absolute atomic E-state index is 12.7. The molecule has 0 spiro atoms. The van der Waals surface area contributed by atoms with Gasteiger partial charge in [0.05, 0.1) is 4.92 Å². The van der Waals surface area contributed by atoms with Crippen LogP contribution in [0.15, 0.2) is 30.4 Å². The van der Waals surface area contributed by atoms with Crippen LogP contribution in [0.3, 0.4) is 0 Å². The van der Waals surface area contributed by atoms with Gasteiger partial charge in [0.15, 0.2) is 5.82 Å². The van der Waals surface area contributed by atoms with Gasteiger partial charge in [-0.15, -0.1) is 0 Å². The molecule has 20 heavy (non-hydrogen) atoms. The number of hydrogen-bond acceptors (Lipinski definition) is 5. The fourth-order valence-electron chi connectivity index (χ4n) is 1.67. The molecule has 1 heterocycles. The summed E-state index contributed by atoms with van der Waals surface area (Å²) >= 11 is 5.70. The molecule has 1 aromatic heterocycles. The van der Waals surface area contributed by atoms with Crippen LogP contribution in [0, 0.1) is 10.1 Å². The third-order valence-electron chi connectivity index (χ3n) is 2.52. The molecule has 1 aromatic rings. The molecule has 0 radical (unpaired) electrons. The fourth-order valence-corrected chi connectivity index (χ4v) is 1.78. The Morgan fingerprint density at radius 2 is 2.25 bits per heavy atom. The molecular weight excluding hydrogens is 287 g/mol. The van der Waals surface area contributed by atoms with Gasteiger partial charge in [-0.25, -0.2) is 9.37 Å². The first kappa shape index (κ1) is 16.2. The average Bonchev–Trinajstić information content (AvgIpc) is 2.37. The molecule has 0 bridgehead atoms. The molecule has 0 aromatic carbocycles. The molecule has 110 valence electrons. The van der Waals surface area contributed by atoms with Crippen LogP contribution in [0.4, 0.5) is 4.39 Å². The fraction of sp³-hybridized carbons (Fsp3) is 0.417. The summed E-state index contributed by atoms with van der Waals surface area (Å²) in [5.41, 5.74) is 0.791. The summed E-state index contributed by atoms with van der Waals surface area (Å²) in [6.45, 7) is -0.240. The molecule has 6 nitrogen and oxygen atoms in total. The molecule has 0 aliphatic heterocycles. The quantitative estimate of drug-likeness (QED) is 0.439. The standard InChI is InChI=1S/C12H16ClFN4O2/c1-16(2)12(9-18(19)20)17(6-5-14)8-10-3-4-11(13)15-7-10/h3-4,7,9H,5-6,8H2,1-2H3/b12-9+. The molecule has 0 aliphatic rings. The minimum Gasteiger partial charge on any atom is -0.359 e. The van der Waals surface area contributed by atoms with Crippen molar-refractivity contribution < 1.29 is 9.31 Å². The van der Waals surface area contributed by atoms with Crippen molar-refractivity contribution in [2.75, 3.05) is 27.3 Å². The highest BCUT2D eigenvalue weighted by atomic mass is 35.5. The van der Waals surface area contributed by atoms with Crippen molar-refractivity contribution in [2.24, 2.45) is 0 Å². The predicted molar refractivity (Wildman–Crippen MR) is 74.4 cm³/mol. The van der Waals surface area contributed by atoms with Gasteiger partial charge in [-0.2, -0.15) is 0 Å². The van der Waals surface area contributed by atoms with Crippen LogP contribution in [-0.2, 0) is 6.54 Å². The van der Waals surface area contributed by atoms with Crippen molar-refractivity contribution in [1.29, 1.82) is 0 Å². The molecule has 8 heteroatoms. The highest BCUT2D eigenvalue weighted by Gasteiger charge is 2.16. The predicted octanol–water partition coefficient (Wildman–Crippen LogP) is 2.14. The molecule has 0 N–H and O–H groups in total. The lowest BCUT2D eigenvalue weighted by molar-refractivity contribution is -0.405. The Labute approximate surface area is 121 Å². The minimum atomic E-state index is -0.607. The normalized spacial score (nSPS) is 11.3. The van der Waals surface area contributed by atoms with E-state index < -0.39 is 11.6 Å². The lowest BCUT2D eigenvalue weighted by atomic mass is 10.2. The van der Waals surface area contributed by atoms with E-state index in [2.05, 4.69) is 4.98 Å². The Balaban J connectivity index is 2.96. The van der Waals surface area contributed by atoms with Crippen molar-refractivity contribution in [3.63, 3.8) is 0 Å². The number of nitrogens with zero attached hydrogens (tertiary/aromatic N) is 4. The largest absolute Gasteiger partial charge is 0.359 e. The molecule has 0 atom stereocenters. The third kappa shape index (κ3) is 5.00.